The number of phenols is 1. The van der Waals surface area contributed by atoms with Gasteiger partial charge >= 0.3 is 0 Å². The number of nitrogens with one attached hydrogen (secondary N) is 1. The van der Waals surface area contributed by atoms with Crippen molar-refractivity contribution < 1.29 is 5.11 Å². The van der Waals surface area contributed by atoms with E-state index in [1.165, 1.54) is 0 Å². The highest BCUT2D eigenvalue weighted by molar-refractivity contribution is 9.10. The van der Waals surface area contributed by atoms with Gasteiger partial charge in [-0.15, -0.1) is 24.8 Å². The first kappa shape index (κ1) is 21.5. The van der Waals surface area contributed by atoms with E-state index in [1.807, 2.05) is 6.07 Å². The lowest BCUT2D eigenvalue weighted by Crippen LogP contribution is -2.45. The molecule has 0 unspecified atom stereocenters. The number of rotatable bonds is 4. The summed E-state index contributed by atoms with van der Waals surface area (Å²) in [5.74, 6) is 0.124. The number of hydrogen-bond acceptors (Lipinski definition) is 4. The lowest BCUT2D eigenvalue weighted by molar-refractivity contribution is 0.161. The average molecular weight is 411 g/mol. The first-order chi connectivity index (χ1) is 9.69. The standard InChI is InChI=1S/C15H20BrN3O.2ClH/c1-2-3-13(19-8-6-18-7-9-19)14-12(16)5-4-11(10-17)15(14)20;;/h4-5,13,18,20H,2-3,6-9H2,1H3;2*1H/t13-;;/m0../s1. The van der Waals surface area contributed by atoms with Crippen molar-refractivity contribution in [1.82, 2.24) is 10.2 Å². The number of phenolic OH excluding ortho intramolecular Hbond substituents is 1. The van der Waals surface area contributed by atoms with Crippen LogP contribution in [-0.4, -0.2) is 36.2 Å². The second kappa shape index (κ2) is 10.3. The fourth-order valence-electron chi connectivity index (χ4n) is 2.77. The number of halogens is 3. The predicted octanol–water partition coefficient (Wildman–Crippen LogP) is 3.62. The van der Waals surface area contributed by atoms with Gasteiger partial charge in [0.1, 0.15) is 11.8 Å². The van der Waals surface area contributed by atoms with E-state index < -0.39 is 0 Å². The number of nitrogens with zero attached hydrogens (tertiary/aromatic N) is 2. The van der Waals surface area contributed by atoms with Gasteiger partial charge in [-0.3, -0.25) is 4.90 Å². The summed E-state index contributed by atoms with van der Waals surface area (Å²) in [7, 11) is 0. The minimum atomic E-state index is 0. The summed E-state index contributed by atoms with van der Waals surface area (Å²) in [6, 6.07) is 5.73. The summed E-state index contributed by atoms with van der Waals surface area (Å²) in [6.07, 6.45) is 2.01. The summed E-state index contributed by atoms with van der Waals surface area (Å²) < 4.78 is 0.881. The second-order valence-corrected chi connectivity index (χ2v) is 5.91. The van der Waals surface area contributed by atoms with Crippen LogP contribution in [0.5, 0.6) is 5.75 Å². The Morgan fingerprint density at radius 1 is 1.36 bits per heavy atom. The highest BCUT2D eigenvalue weighted by Crippen LogP contribution is 2.39. The SMILES string of the molecule is CCC[C@@H](c1c(Br)ccc(C#N)c1O)N1CCNCC1.Cl.Cl. The molecule has 1 saturated heterocycles. The van der Waals surface area contributed by atoms with Gasteiger partial charge in [0.25, 0.3) is 0 Å². The van der Waals surface area contributed by atoms with E-state index in [9.17, 15) is 5.11 Å². The molecule has 1 atom stereocenters. The molecular formula is C15H22BrCl2N3O. The van der Waals surface area contributed by atoms with Gasteiger partial charge < -0.3 is 10.4 Å². The van der Waals surface area contributed by atoms with Crippen molar-refractivity contribution in [1.29, 1.82) is 5.26 Å². The zero-order valence-corrected chi connectivity index (χ0v) is 15.7. The van der Waals surface area contributed by atoms with Crippen molar-refractivity contribution in [2.24, 2.45) is 0 Å². The van der Waals surface area contributed by atoms with Crippen molar-refractivity contribution in [3.8, 4) is 11.8 Å². The zero-order valence-electron chi connectivity index (χ0n) is 12.5. The molecular weight excluding hydrogens is 389 g/mol. The van der Waals surface area contributed by atoms with Gasteiger partial charge in [-0.05, 0) is 18.6 Å². The molecule has 1 aliphatic rings. The van der Waals surface area contributed by atoms with Gasteiger partial charge in [0.15, 0.2) is 0 Å². The third-order valence-electron chi connectivity index (χ3n) is 3.77. The quantitative estimate of drug-likeness (QED) is 0.795. The molecule has 0 saturated carbocycles. The Hall–Kier alpha value is -0.510. The third-order valence-corrected chi connectivity index (χ3v) is 4.46. The van der Waals surface area contributed by atoms with E-state index in [2.05, 4.69) is 39.1 Å². The van der Waals surface area contributed by atoms with Crippen LogP contribution < -0.4 is 5.32 Å². The number of aromatic hydroxyl groups is 1. The molecule has 1 fully saturated rings. The Balaban J connectivity index is 0.00000220. The summed E-state index contributed by atoms with van der Waals surface area (Å²) in [5.41, 5.74) is 1.20. The van der Waals surface area contributed by atoms with Crippen LogP contribution in [-0.2, 0) is 0 Å². The third kappa shape index (κ3) is 4.74. The molecule has 0 spiro atoms. The minimum absolute atomic E-state index is 0. The molecule has 4 nitrogen and oxygen atoms in total. The van der Waals surface area contributed by atoms with Crippen LogP contribution in [0.4, 0.5) is 0 Å². The van der Waals surface area contributed by atoms with Gasteiger partial charge in [-0.2, -0.15) is 5.26 Å². The van der Waals surface area contributed by atoms with Crippen molar-refractivity contribution in [3.05, 3.63) is 27.7 Å². The minimum Gasteiger partial charge on any atom is -0.506 e. The van der Waals surface area contributed by atoms with Gasteiger partial charge in [0, 0.05) is 42.3 Å². The molecule has 0 bridgehead atoms. The summed E-state index contributed by atoms with van der Waals surface area (Å²) in [5, 5.41) is 22.9. The highest BCUT2D eigenvalue weighted by Gasteiger charge is 2.26. The second-order valence-electron chi connectivity index (χ2n) is 5.06. The normalized spacial score (nSPS) is 16.0. The maximum atomic E-state index is 10.4. The first-order valence-corrected chi connectivity index (χ1v) is 7.84. The molecule has 22 heavy (non-hydrogen) atoms. The molecule has 0 radical (unpaired) electrons. The molecule has 1 aliphatic heterocycles. The fourth-order valence-corrected chi connectivity index (χ4v) is 3.35. The van der Waals surface area contributed by atoms with E-state index >= 15 is 0 Å². The fraction of sp³-hybridized carbons (Fsp3) is 0.533. The Morgan fingerprint density at radius 2 is 2.00 bits per heavy atom. The summed E-state index contributed by atoms with van der Waals surface area (Å²) in [4.78, 5) is 2.39. The summed E-state index contributed by atoms with van der Waals surface area (Å²) in [6.45, 7) is 6.02. The molecule has 2 N–H and O–H groups in total. The Labute approximate surface area is 152 Å². The highest BCUT2D eigenvalue weighted by atomic mass is 79.9. The number of nitriles is 1. The molecule has 1 aromatic rings. The molecule has 0 aromatic heterocycles. The molecule has 124 valence electrons. The number of hydrogen-bond donors (Lipinski definition) is 2. The topological polar surface area (TPSA) is 59.3 Å². The van der Waals surface area contributed by atoms with Crippen molar-refractivity contribution >= 4 is 40.7 Å². The van der Waals surface area contributed by atoms with Crippen LogP contribution in [0, 0.1) is 11.3 Å². The lowest BCUT2D eigenvalue weighted by atomic mass is 9.97. The van der Waals surface area contributed by atoms with Gasteiger partial charge in [0.2, 0.25) is 0 Å². The van der Waals surface area contributed by atoms with Gasteiger partial charge in [-0.1, -0.05) is 29.3 Å². The molecule has 0 aliphatic carbocycles. The van der Waals surface area contributed by atoms with Gasteiger partial charge in [-0.25, -0.2) is 0 Å². The van der Waals surface area contributed by atoms with Crippen molar-refractivity contribution in [3.63, 3.8) is 0 Å². The Morgan fingerprint density at radius 3 is 2.55 bits per heavy atom. The lowest BCUT2D eigenvalue weighted by Gasteiger charge is -2.36. The maximum Gasteiger partial charge on any atom is 0.139 e. The Kier molecular flexibility index (Phi) is 10.1. The van der Waals surface area contributed by atoms with Crippen molar-refractivity contribution in [2.75, 3.05) is 26.2 Å². The molecule has 1 aromatic carbocycles. The Bertz CT molecular complexity index is 516. The monoisotopic (exact) mass is 409 g/mol. The van der Waals surface area contributed by atoms with Crippen LogP contribution in [0.2, 0.25) is 0 Å². The van der Waals surface area contributed by atoms with E-state index in [1.54, 1.807) is 6.07 Å². The smallest absolute Gasteiger partial charge is 0.139 e. The van der Waals surface area contributed by atoms with Crippen LogP contribution >= 0.6 is 40.7 Å². The van der Waals surface area contributed by atoms with Crippen LogP contribution in [0.25, 0.3) is 0 Å². The molecule has 2 rings (SSSR count). The largest absolute Gasteiger partial charge is 0.506 e. The van der Waals surface area contributed by atoms with Gasteiger partial charge in [0.05, 0.1) is 5.56 Å². The van der Waals surface area contributed by atoms with Crippen LogP contribution in [0.1, 0.15) is 36.9 Å². The van der Waals surface area contributed by atoms with Crippen LogP contribution in [0.15, 0.2) is 16.6 Å². The van der Waals surface area contributed by atoms with E-state index in [4.69, 9.17) is 5.26 Å². The van der Waals surface area contributed by atoms with E-state index in [-0.39, 0.29) is 36.6 Å². The number of benzene rings is 1. The molecule has 1 heterocycles. The summed E-state index contributed by atoms with van der Waals surface area (Å²) >= 11 is 3.54. The zero-order chi connectivity index (χ0) is 14.5. The first-order valence-electron chi connectivity index (χ1n) is 7.05. The maximum absolute atomic E-state index is 10.4. The van der Waals surface area contributed by atoms with Crippen LogP contribution in [0.3, 0.4) is 0 Å². The van der Waals surface area contributed by atoms with E-state index in [0.29, 0.717) is 5.56 Å². The molecule has 0 amide bonds. The average Bonchev–Trinajstić information content (AvgIpc) is 2.47. The number of piperazine rings is 1. The predicted molar refractivity (Wildman–Crippen MR) is 97.1 cm³/mol. The molecule has 7 heteroatoms. The van der Waals surface area contributed by atoms with Crippen molar-refractivity contribution in [2.45, 2.75) is 25.8 Å². The van der Waals surface area contributed by atoms with E-state index in [0.717, 1.165) is 49.1 Å².